The Morgan fingerprint density at radius 2 is 1.91 bits per heavy atom. The second kappa shape index (κ2) is 7.22. The molecule has 2 aliphatic rings. The van der Waals surface area contributed by atoms with Crippen molar-refractivity contribution in [3.05, 3.63) is 35.7 Å². The van der Waals surface area contributed by atoms with Crippen molar-refractivity contribution in [3.63, 3.8) is 0 Å². The first kappa shape index (κ1) is 14.8. The van der Waals surface area contributed by atoms with Crippen molar-refractivity contribution in [1.82, 2.24) is 9.97 Å². The Bertz CT molecular complexity index is 616. The summed E-state index contributed by atoms with van der Waals surface area (Å²) in [5.41, 5.74) is 2.42. The van der Waals surface area contributed by atoms with E-state index in [1.807, 2.05) is 12.2 Å². The molecule has 1 fully saturated rings. The summed E-state index contributed by atoms with van der Waals surface area (Å²) in [5.74, 6) is 0.660. The highest BCUT2D eigenvalue weighted by Gasteiger charge is 2.16. The minimum atomic E-state index is 0.455. The Morgan fingerprint density at radius 1 is 1.14 bits per heavy atom. The lowest BCUT2D eigenvalue weighted by Gasteiger charge is -2.21. The molecule has 0 bridgehead atoms. The minimum absolute atomic E-state index is 0.455. The van der Waals surface area contributed by atoms with Gasteiger partial charge in [0.05, 0.1) is 17.5 Å². The molecule has 22 heavy (non-hydrogen) atoms. The minimum Gasteiger partial charge on any atom is -0.351 e. The number of aromatic nitrogens is 2. The van der Waals surface area contributed by atoms with E-state index in [9.17, 15) is 5.26 Å². The maximum Gasteiger partial charge on any atom is 0.223 e. The van der Waals surface area contributed by atoms with Gasteiger partial charge in [0.1, 0.15) is 6.07 Å². The van der Waals surface area contributed by atoms with Gasteiger partial charge in [-0.25, -0.2) is 9.97 Å². The molecule has 4 heteroatoms. The van der Waals surface area contributed by atoms with Gasteiger partial charge in [0.15, 0.2) is 0 Å². The largest absolute Gasteiger partial charge is 0.351 e. The molecule has 1 aromatic rings. The summed E-state index contributed by atoms with van der Waals surface area (Å²) in [6.07, 6.45) is 17.6. The monoisotopic (exact) mass is 294 g/mol. The van der Waals surface area contributed by atoms with E-state index in [0.717, 1.165) is 17.7 Å². The first-order valence-electron chi connectivity index (χ1n) is 8.26. The van der Waals surface area contributed by atoms with E-state index in [-0.39, 0.29) is 0 Å². The van der Waals surface area contributed by atoms with E-state index in [1.165, 1.54) is 44.9 Å². The standard InChI is InChI=1S/C18H22N4/c19-12-15-13-20-18(22-17(15)14-8-6-7-9-14)21-16-10-4-2-1-3-5-11-16/h6-8,13,16H,1-5,9-11H2,(H,20,21,22). The van der Waals surface area contributed by atoms with Crippen LogP contribution in [-0.4, -0.2) is 16.0 Å². The van der Waals surface area contributed by atoms with Gasteiger partial charge in [-0.2, -0.15) is 5.26 Å². The number of allylic oxidation sites excluding steroid dienone is 4. The molecule has 1 N–H and O–H groups in total. The van der Waals surface area contributed by atoms with Gasteiger partial charge in [-0.15, -0.1) is 0 Å². The molecule has 1 aromatic heterocycles. The number of hydrogen-bond donors (Lipinski definition) is 1. The van der Waals surface area contributed by atoms with Crippen molar-refractivity contribution < 1.29 is 0 Å². The second-order valence-electron chi connectivity index (χ2n) is 6.08. The zero-order chi connectivity index (χ0) is 15.2. The van der Waals surface area contributed by atoms with Crippen LogP contribution < -0.4 is 5.32 Å². The van der Waals surface area contributed by atoms with Crippen LogP contribution in [0.3, 0.4) is 0 Å². The summed E-state index contributed by atoms with van der Waals surface area (Å²) in [6.45, 7) is 0. The first-order chi connectivity index (χ1) is 10.9. The van der Waals surface area contributed by atoms with Crippen molar-refractivity contribution in [2.24, 2.45) is 0 Å². The highest BCUT2D eigenvalue weighted by atomic mass is 15.1. The van der Waals surface area contributed by atoms with Crippen LogP contribution in [0.1, 0.15) is 62.6 Å². The van der Waals surface area contributed by atoms with Crippen LogP contribution in [0, 0.1) is 11.3 Å². The topological polar surface area (TPSA) is 61.6 Å². The molecule has 0 radical (unpaired) electrons. The predicted molar refractivity (Wildman–Crippen MR) is 88.2 cm³/mol. The van der Waals surface area contributed by atoms with Crippen LogP contribution in [0.25, 0.3) is 5.57 Å². The molecule has 3 rings (SSSR count). The quantitative estimate of drug-likeness (QED) is 0.906. The molecule has 0 atom stereocenters. The number of hydrogen-bond acceptors (Lipinski definition) is 4. The zero-order valence-electron chi connectivity index (χ0n) is 12.9. The van der Waals surface area contributed by atoms with E-state index in [4.69, 9.17) is 0 Å². The normalized spacial score (nSPS) is 19.1. The fraction of sp³-hybridized carbons (Fsp3) is 0.500. The molecule has 1 saturated carbocycles. The fourth-order valence-corrected chi connectivity index (χ4v) is 3.18. The van der Waals surface area contributed by atoms with Gasteiger partial charge in [-0.05, 0) is 24.8 Å². The van der Waals surface area contributed by atoms with Crippen LogP contribution in [0.5, 0.6) is 0 Å². The molecule has 0 aliphatic heterocycles. The van der Waals surface area contributed by atoms with Crippen LogP contribution in [-0.2, 0) is 0 Å². The van der Waals surface area contributed by atoms with Crippen LogP contribution in [0.2, 0.25) is 0 Å². The Morgan fingerprint density at radius 3 is 2.59 bits per heavy atom. The third-order valence-corrected chi connectivity index (χ3v) is 4.42. The second-order valence-corrected chi connectivity index (χ2v) is 6.08. The molecule has 2 aliphatic carbocycles. The Hall–Kier alpha value is -2.15. The summed E-state index contributed by atoms with van der Waals surface area (Å²) < 4.78 is 0. The van der Waals surface area contributed by atoms with Gasteiger partial charge in [-0.1, -0.05) is 50.3 Å². The van der Waals surface area contributed by atoms with Gasteiger partial charge in [0.2, 0.25) is 5.95 Å². The van der Waals surface area contributed by atoms with Crippen molar-refractivity contribution in [3.8, 4) is 6.07 Å². The number of nitrogens with zero attached hydrogens (tertiary/aromatic N) is 3. The Balaban J connectivity index is 1.76. The Kier molecular flexibility index (Phi) is 4.85. The van der Waals surface area contributed by atoms with Gasteiger partial charge < -0.3 is 5.32 Å². The number of anilines is 1. The highest BCUT2D eigenvalue weighted by Crippen LogP contribution is 2.25. The van der Waals surface area contributed by atoms with Crippen LogP contribution in [0.4, 0.5) is 5.95 Å². The molecule has 4 nitrogen and oxygen atoms in total. The molecule has 114 valence electrons. The van der Waals surface area contributed by atoms with Gasteiger partial charge >= 0.3 is 0 Å². The molecular weight excluding hydrogens is 272 g/mol. The SMILES string of the molecule is N#Cc1cnc(NC2CCCCCCC2)nc1C1=CC=CC1. The highest BCUT2D eigenvalue weighted by molar-refractivity contribution is 5.72. The number of nitriles is 1. The summed E-state index contributed by atoms with van der Waals surface area (Å²) in [7, 11) is 0. The van der Waals surface area contributed by atoms with Crippen LogP contribution in [0.15, 0.2) is 24.4 Å². The molecule has 1 heterocycles. The van der Waals surface area contributed by atoms with Crippen molar-refractivity contribution in [2.45, 2.75) is 57.4 Å². The number of nitrogens with one attached hydrogen (secondary N) is 1. The van der Waals surface area contributed by atoms with Crippen molar-refractivity contribution >= 4 is 11.5 Å². The molecule has 0 spiro atoms. The van der Waals surface area contributed by atoms with Gasteiger partial charge in [0.25, 0.3) is 0 Å². The molecule has 0 unspecified atom stereocenters. The predicted octanol–water partition coefficient (Wildman–Crippen LogP) is 4.22. The summed E-state index contributed by atoms with van der Waals surface area (Å²) in [6, 6.07) is 2.66. The average Bonchev–Trinajstić information content (AvgIpc) is 3.04. The first-order valence-corrected chi connectivity index (χ1v) is 8.26. The van der Waals surface area contributed by atoms with Crippen LogP contribution >= 0.6 is 0 Å². The maximum atomic E-state index is 9.26. The fourth-order valence-electron chi connectivity index (χ4n) is 3.18. The smallest absolute Gasteiger partial charge is 0.223 e. The zero-order valence-corrected chi connectivity index (χ0v) is 12.9. The molecule has 0 amide bonds. The van der Waals surface area contributed by atoms with Crippen molar-refractivity contribution in [1.29, 1.82) is 5.26 Å². The van der Waals surface area contributed by atoms with Gasteiger partial charge in [0, 0.05) is 6.04 Å². The van der Waals surface area contributed by atoms with Crippen molar-refractivity contribution in [2.75, 3.05) is 5.32 Å². The number of rotatable bonds is 3. The maximum absolute atomic E-state index is 9.26. The third kappa shape index (κ3) is 3.54. The summed E-state index contributed by atoms with van der Waals surface area (Å²) >= 11 is 0. The molecule has 0 aromatic carbocycles. The third-order valence-electron chi connectivity index (χ3n) is 4.42. The van der Waals surface area contributed by atoms with E-state index >= 15 is 0 Å². The lowest BCUT2D eigenvalue weighted by Crippen LogP contribution is -2.22. The van der Waals surface area contributed by atoms with E-state index in [2.05, 4.69) is 27.4 Å². The average molecular weight is 294 g/mol. The molecule has 0 saturated heterocycles. The lowest BCUT2D eigenvalue weighted by atomic mass is 9.97. The van der Waals surface area contributed by atoms with E-state index in [1.54, 1.807) is 6.20 Å². The van der Waals surface area contributed by atoms with E-state index < -0.39 is 0 Å². The summed E-state index contributed by atoms with van der Waals surface area (Å²) in [5, 5.41) is 12.7. The Labute approximate surface area is 132 Å². The van der Waals surface area contributed by atoms with Gasteiger partial charge in [-0.3, -0.25) is 0 Å². The lowest BCUT2D eigenvalue weighted by molar-refractivity contribution is 0.470. The van der Waals surface area contributed by atoms with E-state index in [0.29, 0.717) is 17.6 Å². The molecular formula is C18H22N4. The summed E-state index contributed by atoms with van der Waals surface area (Å²) in [4.78, 5) is 8.96.